The summed E-state index contributed by atoms with van der Waals surface area (Å²) in [4.78, 5) is 8.44. The van der Waals surface area contributed by atoms with Gasteiger partial charge in [-0.3, -0.25) is 0 Å². The first-order valence-electron chi connectivity index (χ1n) is 0.632. The van der Waals surface area contributed by atoms with Crippen LogP contribution in [-0.4, -0.2) is 11.3 Å². The predicted octanol–water partition coefficient (Wildman–Crippen LogP) is -9.88. The SMILES string of the molecule is O=C([O-])O.[H-].[H-].[K+].[Li+].[Na+]. The minimum absolute atomic E-state index is 0. The van der Waals surface area contributed by atoms with Crippen LogP contribution in [0.15, 0.2) is 0 Å². The van der Waals surface area contributed by atoms with Gasteiger partial charge in [-0.1, -0.05) is 0 Å². The van der Waals surface area contributed by atoms with Crippen molar-refractivity contribution in [2.75, 3.05) is 0 Å². The summed E-state index contributed by atoms with van der Waals surface area (Å²) in [5, 5.41) is 15.3. The van der Waals surface area contributed by atoms with Gasteiger partial charge < -0.3 is 17.9 Å². The molecule has 0 aromatic carbocycles. The van der Waals surface area contributed by atoms with E-state index in [4.69, 9.17) is 15.0 Å². The molecule has 6 heteroatoms. The molecule has 0 aliphatic rings. The third-order valence-electron chi connectivity index (χ3n) is 0. The quantitative estimate of drug-likeness (QED) is 0.333. The number of hydrogen-bond donors (Lipinski definition) is 1. The van der Waals surface area contributed by atoms with E-state index in [1.807, 2.05) is 0 Å². The maximum atomic E-state index is 8.44. The first-order valence-corrected chi connectivity index (χ1v) is 0.632. The molecule has 0 aliphatic carbocycles. The Bertz CT molecular complexity index is 44.8. The van der Waals surface area contributed by atoms with Crippen LogP contribution in [0.3, 0.4) is 0 Å². The zero-order chi connectivity index (χ0) is 3.58. The molecule has 28 valence electrons. The van der Waals surface area contributed by atoms with Crippen molar-refractivity contribution in [2.24, 2.45) is 0 Å². The fraction of sp³-hybridized carbons (Fsp3) is 0. The Balaban J connectivity index is -0.00000000450. The van der Waals surface area contributed by atoms with E-state index in [2.05, 4.69) is 0 Å². The molecule has 0 saturated heterocycles. The van der Waals surface area contributed by atoms with Gasteiger partial charge in [-0.05, 0) is 0 Å². The molecule has 0 bridgehead atoms. The molecule has 0 rings (SSSR count). The summed E-state index contributed by atoms with van der Waals surface area (Å²) in [6, 6.07) is 0. The van der Waals surface area contributed by atoms with Gasteiger partial charge in [0.25, 0.3) is 0 Å². The Morgan fingerprint density at radius 1 is 1.71 bits per heavy atom. The van der Waals surface area contributed by atoms with Gasteiger partial charge in [-0.25, -0.2) is 0 Å². The molecular weight excluding hydrogens is 129 g/mol. The zero-order valence-electron chi connectivity index (χ0n) is 6.76. The van der Waals surface area contributed by atoms with Gasteiger partial charge in [-0.2, -0.15) is 0 Å². The Labute approximate surface area is 121 Å². The number of carbonyl (C=O) groups is 1. The molecule has 3 nitrogen and oxygen atoms in total. The molecule has 0 fully saturated rings. The third-order valence-corrected chi connectivity index (χ3v) is 0. The van der Waals surface area contributed by atoms with Crippen molar-refractivity contribution in [3.8, 4) is 0 Å². The number of rotatable bonds is 0. The smallest absolute Gasteiger partial charge is 1.00 e. The van der Waals surface area contributed by atoms with Crippen molar-refractivity contribution in [3.05, 3.63) is 0 Å². The van der Waals surface area contributed by atoms with E-state index in [9.17, 15) is 0 Å². The van der Waals surface area contributed by atoms with Gasteiger partial charge in [0.2, 0.25) is 6.16 Å². The molecule has 1 N–H and O–H groups in total. The Hall–Kier alpha value is 2.50. The molecule has 0 aliphatic heterocycles. The molecule has 0 amide bonds. The molecule has 7 heavy (non-hydrogen) atoms. The minimum atomic E-state index is -2.08. The van der Waals surface area contributed by atoms with Crippen LogP contribution in [0.1, 0.15) is 2.85 Å². The van der Waals surface area contributed by atoms with Gasteiger partial charge in [0.05, 0.1) is 0 Å². The average Bonchev–Trinajstić information content (AvgIpc) is 0.811. The van der Waals surface area contributed by atoms with Crippen LogP contribution in [0.4, 0.5) is 4.79 Å². The molecule has 0 aromatic heterocycles. The summed E-state index contributed by atoms with van der Waals surface area (Å²) >= 11 is 0. The van der Waals surface area contributed by atoms with E-state index in [1.54, 1.807) is 0 Å². The normalized spacial score (nSPS) is 3.43. The van der Waals surface area contributed by atoms with E-state index in [-0.39, 0.29) is 103 Å². The third kappa shape index (κ3) is 57.4. The Morgan fingerprint density at radius 3 is 1.71 bits per heavy atom. The predicted molar refractivity (Wildman–Crippen MR) is 10.2 cm³/mol. The second-order valence-corrected chi connectivity index (χ2v) is 0.266. The fourth-order valence-corrected chi connectivity index (χ4v) is 0. The van der Waals surface area contributed by atoms with Gasteiger partial charge in [-0.15, -0.1) is 0 Å². The standard InChI is InChI=1S/CH2O3.K.Li.Na.2H/c2-1(3)4;;;;;/h(H2,2,3,4);;;;;/q;3*+1;2*-1/p-1. The molecule has 0 aromatic rings. The van der Waals surface area contributed by atoms with Gasteiger partial charge in [0.1, 0.15) is 0 Å². The summed E-state index contributed by atoms with van der Waals surface area (Å²) in [7, 11) is 0. The Morgan fingerprint density at radius 2 is 1.71 bits per heavy atom. The van der Waals surface area contributed by atoms with E-state index in [0.29, 0.717) is 0 Å². The average molecular weight is 132 g/mol. The van der Waals surface area contributed by atoms with Crippen molar-refractivity contribution < 1.29 is 118 Å². The molecule has 0 atom stereocenters. The maximum absolute atomic E-state index is 8.44. The first-order chi connectivity index (χ1) is 1.73. The molecule has 0 unspecified atom stereocenters. The van der Waals surface area contributed by atoms with Crippen LogP contribution in [-0.2, 0) is 0 Å². The van der Waals surface area contributed by atoms with Crippen LogP contribution in [0.5, 0.6) is 0 Å². The van der Waals surface area contributed by atoms with E-state index < -0.39 is 6.16 Å². The van der Waals surface area contributed by atoms with Crippen molar-refractivity contribution >= 4 is 6.16 Å². The van der Waals surface area contributed by atoms with E-state index in [1.165, 1.54) is 0 Å². The van der Waals surface area contributed by atoms with E-state index >= 15 is 0 Å². The molecule has 0 radical (unpaired) electrons. The van der Waals surface area contributed by atoms with Gasteiger partial charge in [0.15, 0.2) is 0 Å². The fourth-order valence-electron chi connectivity index (χ4n) is 0. The minimum Gasteiger partial charge on any atom is -1.00 e. The zero-order valence-corrected chi connectivity index (χ0v) is 9.89. The molecule has 0 spiro atoms. The van der Waals surface area contributed by atoms with E-state index in [0.717, 1.165) is 0 Å². The van der Waals surface area contributed by atoms with Crippen LogP contribution < -0.4 is 105 Å². The van der Waals surface area contributed by atoms with Gasteiger partial charge in [0, 0.05) is 0 Å². The summed E-state index contributed by atoms with van der Waals surface area (Å²) in [5.74, 6) is 0. The summed E-state index contributed by atoms with van der Waals surface area (Å²) in [6.07, 6.45) is -2.08. The topological polar surface area (TPSA) is 60.4 Å². The second-order valence-electron chi connectivity index (χ2n) is 0.266. The Kier molecular flexibility index (Phi) is 51.2. The largest absolute Gasteiger partial charge is 1.00 e. The van der Waals surface area contributed by atoms with Crippen LogP contribution in [0, 0.1) is 0 Å². The summed E-state index contributed by atoms with van der Waals surface area (Å²) in [5.41, 5.74) is 0. The second kappa shape index (κ2) is 15.8. The van der Waals surface area contributed by atoms with Crippen LogP contribution in [0.25, 0.3) is 0 Å². The van der Waals surface area contributed by atoms with Crippen molar-refractivity contribution in [3.63, 3.8) is 0 Å². The molecule has 0 saturated carbocycles. The summed E-state index contributed by atoms with van der Waals surface area (Å²) < 4.78 is 0. The first kappa shape index (κ1) is 22.7. The van der Waals surface area contributed by atoms with Crippen LogP contribution in [0.2, 0.25) is 0 Å². The maximum Gasteiger partial charge on any atom is 1.00 e. The van der Waals surface area contributed by atoms with Crippen molar-refractivity contribution in [2.45, 2.75) is 0 Å². The van der Waals surface area contributed by atoms with Crippen LogP contribution >= 0.6 is 0 Å². The molecular formula is CH3KLiNaO3. The van der Waals surface area contributed by atoms with Crippen molar-refractivity contribution in [1.82, 2.24) is 0 Å². The van der Waals surface area contributed by atoms with Gasteiger partial charge >= 0.3 is 99.8 Å². The summed E-state index contributed by atoms with van der Waals surface area (Å²) in [6.45, 7) is 0. The number of hydrogen-bond acceptors (Lipinski definition) is 2. The monoisotopic (exact) mass is 132 g/mol. The molecule has 0 heterocycles. The number of carboxylic acid groups (broad SMARTS) is 2. The van der Waals surface area contributed by atoms with Crippen molar-refractivity contribution in [1.29, 1.82) is 0 Å².